The van der Waals surface area contributed by atoms with Crippen molar-refractivity contribution in [3.63, 3.8) is 0 Å². The normalized spacial score (nSPS) is 9.56. The van der Waals surface area contributed by atoms with Crippen LogP contribution in [0.4, 0.5) is 11.4 Å². The van der Waals surface area contributed by atoms with Gasteiger partial charge in [0.15, 0.2) is 11.5 Å². The van der Waals surface area contributed by atoms with E-state index in [1.54, 1.807) is 0 Å². The third-order valence-electron chi connectivity index (χ3n) is 3.13. The van der Waals surface area contributed by atoms with Gasteiger partial charge in [0.2, 0.25) is 5.91 Å². The number of amides is 1. The predicted octanol–water partition coefficient (Wildman–Crippen LogP) is 2.03. The number of benzene rings is 2. The molecule has 0 heterocycles. The Morgan fingerprint density at radius 1 is 1.07 bits per heavy atom. The maximum atomic E-state index is 11.2. The molecule has 144 valence electrons. The molecule has 0 unspecified atom stereocenters. The molecule has 10 heteroatoms. The molecule has 0 aliphatic heterocycles. The lowest BCUT2D eigenvalue weighted by atomic mass is 10.1. The van der Waals surface area contributed by atoms with Crippen molar-refractivity contribution in [3.05, 3.63) is 47.5 Å². The van der Waals surface area contributed by atoms with Gasteiger partial charge in [-0.15, -0.1) is 11.6 Å². The number of carboxylic acids is 1. The number of methoxy groups -OCH3 is 1. The van der Waals surface area contributed by atoms with Gasteiger partial charge in [-0.1, -0.05) is 12.1 Å². The highest BCUT2D eigenvalue weighted by Crippen LogP contribution is 2.28. The van der Waals surface area contributed by atoms with Gasteiger partial charge in [0.1, 0.15) is 17.0 Å². The number of hydrogen-bond acceptors (Lipinski definition) is 7. The molecule has 27 heavy (non-hydrogen) atoms. The summed E-state index contributed by atoms with van der Waals surface area (Å²) in [5.41, 5.74) is 5.24. The number of anilines is 2. The fraction of sp³-hybridized carbons (Fsp3) is 0.118. The summed E-state index contributed by atoms with van der Waals surface area (Å²) in [5, 5.41) is 29.6. The SMILES string of the molecule is COC(=O)c1cccc(NC(=O)CCl)c1O.Nc1cccc(C(=O)O)c1O. The third kappa shape index (κ3) is 5.79. The van der Waals surface area contributed by atoms with Gasteiger partial charge in [0.05, 0.1) is 18.5 Å². The van der Waals surface area contributed by atoms with Crippen molar-refractivity contribution in [1.82, 2.24) is 0 Å². The first kappa shape index (κ1) is 21.6. The summed E-state index contributed by atoms with van der Waals surface area (Å²) in [6.07, 6.45) is 0. The Morgan fingerprint density at radius 3 is 2.19 bits per heavy atom. The molecule has 2 rings (SSSR count). The molecular formula is C17H17ClN2O7. The van der Waals surface area contributed by atoms with Crippen molar-refractivity contribution < 1.29 is 34.4 Å². The Kier molecular flexibility index (Phi) is 7.89. The van der Waals surface area contributed by atoms with Crippen molar-refractivity contribution in [2.24, 2.45) is 0 Å². The number of aromatic hydroxyl groups is 2. The summed E-state index contributed by atoms with van der Waals surface area (Å²) in [4.78, 5) is 32.6. The van der Waals surface area contributed by atoms with Gasteiger partial charge in [-0.2, -0.15) is 0 Å². The minimum absolute atomic E-state index is 0.0186. The van der Waals surface area contributed by atoms with E-state index in [-0.39, 0.29) is 39.9 Å². The number of nitrogens with one attached hydrogen (secondary N) is 1. The molecule has 0 spiro atoms. The van der Waals surface area contributed by atoms with Crippen molar-refractivity contribution >= 4 is 40.8 Å². The number of rotatable bonds is 4. The molecule has 0 saturated heterocycles. The first-order valence-corrected chi connectivity index (χ1v) is 7.83. The molecule has 0 aliphatic rings. The number of carbonyl (C=O) groups excluding carboxylic acids is 2. The summed E-state index contributed by atoms with van der Waals surface area (Å²) >= 11 is 5.30. The number of esters is 1. The number of alkyl halides is 1. The monoisotopic (exact) mass is 396 g/mol. The molecule has 0 aromatic heterocycles. The highest BCUT2D eigenvalue weighted by atomic mass is 35.5. The van der Waals surface area contributed by atoms with Crippen molar-refractivity contribution in [2.45, 2.75) is 0 Å². The number of carboxylic acid groups (broad SMARTS) is 1. The Labute approximate surface area is 158 Å². The summed E-state index contributed by atoms with van der Waals surface area (Å²) in [7, 11) is 1.20. The van der Waals surface area contributed by atoms with Crippen molar-refractivity contribution in [2.75, 3.05) is 24.0 Å². The fourth-order valence-corrected chi connectivity index (χ4v) is 1.90. The number of phenols is 2. The van der Waals surface area contributed by atoms with Crippen LogP contribution in [0, 0.1) is 0 Å². The van der Waals surface area contributed by atoms with E-state index in [9.17, 15) is 19.5 Å². The zero-order chi connectivity index (χ0) is 20.6. The Hall–Kier alpha value is -3.46. The van der Waals surface area contributed by atoms with Gasteiger partial charge in [-0.3, -0.25) is 4.79 Å². The second-order valence-electron chi connectivity index (χ2n) is 4.92. The van der Waals surface area contributed by atoms with Crippen LogP contribution in [-0.2, 0) is 9.53 Å². The smallest absolute Gasteiger partial charge is 0.341 e. The Balaban J connectivity index is 0.000000289. The molecule has 2 aromatic carbocycles. The minimum Gasteiger partial charge on any atom is -0.505 e. The minimum atomic E-state index is -1.19. The van der Waals surface area contributed by atoms with Gasteiger partial charge in [0, 0.05) is 0 Å². The van der Waals surface area contributed by atoms with Crippen LogP contribution < -0.4 is 11.1 Å². The van der Waals surface area contributed by atoms with E-state index in [1.807, 2.05) is 0 Å². The summed E-state index contributed by atoms with van der Waals surface area (Å²) in [6.45, 7) is 0. The number of nitrogens with two attached hydrogens (primary N) is 1. The van der Waals surface area contributed by atoms with Gasteiger partial charge in [-0.25, -0.2) is 9.59 Å². The van der Waals surface area contributed by atoms with Crippen LogP contribution >= 0.6 is 11.6 Å². The van der Waals surface area contributed by atoms with Gasteiger partial charge < -0.3 is 31.1 Å². The average Bonchev–Trinajstić information content (AvgIpc) is 2.65. The van der Waals surface area contributed by atoms with Gasteiger partial charge in [-0.05, 0) is 24.3 Å². The Morgan fingerprint density at radius 2 is 1.67 bits per heavy atom. The number of nitrogen functional groups attached to an aromatic ring is 1. The van der Waals surface area contributed by atoms with Crippen LogP contribution in [0.1, 0.15) is 20.7 Å². The highest BCUT2D eigenvalue weighted by molar-refractivity contribution is 6.29. The van der Waals surface area contributed by atoms with E-state index in [1.165, 1.54) is 43.5 Å². The molecule has 9 nitrogen and oxygen atoms in total. The number of halogens is 1. The highest BCUT2D eigenvalue weighted by Gasteiger charge is 2.15. The van der Waals surface area contributed by atoms with E-state index >= 15 is 0 Å². The lowest BCUT2D eigenvalue weighted by Crippen LogP contribution is -2.13. The van der Waals surface area contributed by atoms with Crippen molar-refractivity contribution in [3.8, 4) is 11.5 Å². The first-order valence-electron chi connectivity index (χ1n) is 7.29. The molecule has 2 aromatic rings. The topological polar surface area (TPSA) is 159 Å². The zero-order valence-electron chi connectivity index (χ0n) is 14.1. The zero-order valence-corrected chi connectivity index (χ0v) is 14.9. The standard InChI is InChI=1S/C10H10ClNO4.C7H7NO3/c1-16-10(15)6-3-2-4-7(9(6)14)12-8(13)5-11;8-5-3-1-2-4(6(5)9)7(10)11/h2-4,14H,5H2,1H3,(H,12,13);1-3,9H,8H2,(H,10,11). The maximum Gasteiger partial charge on any atom is 0.341 e. The predicted molar refractivity (Wildman–Crippen MR) is 98.3 cm³/mol. The second-order valence-corrected chi connectivity index (χ2v) is 5.19. The number of phenolic OH excluding ortho intramolecular Hbond substituents is 1. The van der Waals surface area contributed by atoms with E-state index in [0.717, 1.165) is 0 Å². The molecule has 1 amide bonds. The third-order valence-corrected chi connectivity index (χ3v) is 3.38. The van der Waals surface area contributed by atoms with Crippen LogP contribution in [0.15, 0.2) is 36.4 Å². The molecule has 0 aliphatic carbocycles. The molecule has 0 bridgehead atoms. The van der Waals surface area contributed by atoms with Crippen LogP contribution in [-0.4, -0.2) is 46.2 Å². The van der Waals surface area contributed by atoms with Crippen molar-refractivity contribution in [1.29, 1.82) is 0 Å². The lowest BCUT2D eigenvalue weighted by molar-refractivity contribution is -0.113. The van der Waals surface area contributed by atoms with E-state index < -0.39 is 17.8 Å². The molecule has 6 N–H and O–H groups in total. The summed E-state index contributed by atoms with van der Waals surface area (Å²) < 4.78 is 4.47. The fourth-order valence-electron chi connectivity index (χ4n) is 1.84. The maximum absolute atomic E-state index is 11.2. The molecule has 0 radical (unpaired) electrons. The Bertz CT molecular complexity index is 855. The number of para-hydroxylation sites is 2. The number of hydrogen-bond donors (Lipinski definition) is 5. The van der Waals surface area contributed by atoms with Crippen LogP contribution in [0.5, 0.6) is 11.5 Å². The number of aromatic carboxylic acids is 1. The quantitative estimate of drug-likeness (QED) is 0.227. The van der Waals surface area contributed by atoms with Gasteiger partial charge in [0.25, 0.3) is 0 Å². The number of ether oxygens (including phenoxy) is 1. The summed E-state index contributed by atoms with van der Waals surface area (Å²) in [6, 6.07) is 8.54. The van der Waals surface area contributed by atoms with E-state index in [2.05, 4.69) is 10.1 Å². The number of carbonyl (C=O) groups is 3. The first-order chi connectivity index (χ1) is 12.7. The van der Waals surface area contributed by atoms with Crippen LogP contribution in [0.25, 0.3) is 0 Å². The van der Waals surface area contributed by atoms with Gasteiger partial charge >= 0.3 is 11.9 Å². The second kappa shape index (κ2) is 9.88. The van der Waals surface area contributed by atoms with E-state index in [0.29, 0.717) is 0 Å². The molecule has 0 fully saturated rings. The largest absolute Gasteiger partial charge is 0.505 e. The molecule has 0 saturated carbocycles. The van der Waals surface area contributed by atoms with E-state index in [4.69, 9.17) is 27.5 Å². The van der Waals surface area contributed by atoms with Crippen LogP contribution in [0.2, 0.25) is 0 Å². The molecule has 0 atom stereocenters. The lowest BCUT2D eigenvalue weighted by Gasteiger charge is -2.08. The average molecular weight is 397 g/mol. The molecular weight excluding hydrogens is 380 g/mol. The summed E-state index contributed by atoms with van der Waals surface area (Å²) in [5.74, 6) is -3.29. The van der Waals surface area contributed by atoms with Crippen LogP contribution in [0.3, 0.4) is 0 Å².